The van der Waals surface area contributed by atoms with Gasteiger partial charge in [0.05, 0.1) is 17.6 Å². The molecule has 26 heavy (non-hydrogen) atoms. The van der Waals surface area contributed by atoms with Crippen LogP contribution in [-0.2, 0) is 6.54 Å². The number of aromatic nitrogens is 2. The van der Waals surface area contributed by atoms with E-state index in [1.54, 1.807) is 0 Å². The average Bonchev–Trinajstić information content (AvgIpc) is 3.07. The summed E-state index contributed by atoms with van der Waals surface area (Å²) in [6.45, 7) is 5.61. The van der Waals surface area contributed by atoms with Gasteiger partial charge < -0.3 is 10.1 Å². The van der Waals surface area contributed by atoms with Gasteiger partial charge in [0.25, 0.3) is 0 Å². The van der Waals surface area contributed by atoms with Crippen molar-refractivity contribution in [2.24, 2.45) is 5.92 Å². The van der Waals surface area contributed by atoms with Crippen molar-refractivity contribution in [3.63, 3.8) is 0 Å². The second-order valence-corrected chi connectivity index (χ2v) is 8.10. The predicted molar refractivity (Wildman–Crippen MR) is 105 cm³/mol. The highest BCUT2D eigenvalue weighted by molar-refractivity contribution is 5.74. The number of piperazine rings is 1. The maximum absolute atomic E-state index is 9.55. The molecular weight excluding hydrogens is 324 g/mol. The van der Waals surface area contributed by atoms with E-state index in [1.807, 2.05) is 12.1 Å². The Morgan fingerprint density at radius 3 is 2.77 bits per heavy atom. The van der Waals surface area contributed by atoms with Crippen molar-refractivity contribution in [2.45, 2.75) is 51.1 Å². The number of aliphatic hydroxyl groups excluding tert-OH is 1. The lowest BCUT2D eigenvalue weighted by Crippen LogP contribution is -2.54. The number of para-hydroxylation sites is 2. The first-order chi connectivity index (χ1) is 12.8. The molecule has 0 bridgehead atoms. The minimum absolute atomic E-state index is 0.282. The second-order valence-electron chi connectivity index (χ2n) is 8.10. The Bertz CT molecular complexity index is 661. The van der Waals surface area contributed by atoms with Crippen LogP contribution in [0.25, 0.3) is 11.0 Å². The molecule has 1 saturated heterocycles. The third-order valence-electron chi connectivity index (χ3n) is 6.18. The van der Waals surface area contributed by atoms with E-state index < -0.39 is 0 Å². The minimum atomic E-state index is 0.282. The summed E-state index contributed by atoms with van der Waals surface area (Å²) in [5.74, 6) is 1.92. The van der Waals surface area contributed by atoms with Gasteiger partial charge in [0.15, 0.2) is 0 Å². The number of hydrogen-bond donors (Lipinski definition) is 2. The van der Waals surface area contributed by atoms with E-state index in [0.29, 0.717) is 6.04 Å². The first kappa shape index (κ1) is 18.0. The molecule has 4 rings (SSSR count). The fraction of sp³-hybridized carbons (Fsp3) is 0.667. The number of H-pyrrole nitrogens is 1. The Balaban J connectivity index is 1.37. The van der Waals surface area contributed by atoms with Gasteiger partial charge in [0, 0.05) is 38.8 Å². The van der Waals surface area contributed by atoms with Crippen molar-refractivity contribution in [1.82, 2.24) is 19.8 Å². The lowest BCUT2D eigenvalue weighted by Gasteiger charge is -2.43. The minimum Gasteiger partial charge on any atom is -0.396 e. The van der Waals surface area contributed by atoms with Gasteiger partial charge in [-0.1, -0.05) is 31.4 Å². The van der Waals surface area contributed by atoms with E-state index in [9.17, 15) is 5.11 Å². The summed E-state index contributed by atoms with van der Waals surface area (Å²) in [5.41, 5.74) is 2.16. The second kappa shape index (κ2) is 8.51. The van der Waals surface area contributed by atoms with E-state index in [4.69, 9.17) is 4.98 Å². The van der Waals surface area contributed by atoms with E-state index >= 15 is 0 Å². The van der Waals surface area contributed by atoms with Crippen LogP contribution < -0.4 is 0 Å². The largest absolute Gasteiger partial charge is 0.396 e. The highest BCUT2D eigenvalue weighted by Gasteiger charge is 2.29. The maximum Gasteiger partial charge on any atom is 0.121 e. The molecule has 0 unspecified atom stereocenters. The fourth-order valence-corrected chi connectivity index (χ4v) is 4.76. The quantitative estimate of drug-likeness (QED) is 0.835. The molecule has 0 spiro atoms. The molecule has 2 fully saturated rings. The summed E-state index contributed by atoms with van der Waals surface area (Å²) >= 11 is 0. The number of aromatic amines is 1. The van der Waals surface area contributed by atoms with Crippen LogP contribution in [0.15, 0.2) is 24.3 Å². The van der Waals surface area contributed by atoms with Crippen LogP contribution in [0, 0.1) is 5.92 Å². The summed E-state index contributed by atoms with van der Waals surface area (Å²) in [7, 11) is 0. The Kier molecular flexibility index (Phi) is 5.88. The number of hydrogen-bond acceptors (Lipinski definition) is 4. The van der Waals surface area contributed by atoms with Crippen LogP contribution in [0.3, 0.4) is 0 Å². The maximum atomic E-state index is 9.55. The number of nitrogens with zero attached hydrogens (tertiary/aromatic N) is 3. The summed E-state index contributed by atoms with van der Waals surface area (Å²) < 4.78 is 0. The molecule has 2 N–H and O–H groups in total. The SMILES string of the molecule is OCC[C@@H]1CN(Cc2nc3ccccc3[nH]2)CCN1CC1CCCCC1. The van der Waals surface area contributed by atoms with Crippen LogP contribution in [0.4, 0.5) is 0 Å². The lowest BCUT2D eigenvalue weighted by molar-refractivity contribution is 0.0391. The van der Waals surface area contributed by atoms with E-state index in [1.165, 1.54) is 38.6 Å². The van der Waals surface area contributed by atoms with Crippen LogP contribution in [-0.4, -0.2) is 63.7 Å². The number of imidazole rings is 1. The van der Waals surface area contributed by atoms with Crippen molar-refractivity contribution in [3.8, 4) is 0 Å². The summed E-state index contributed by atoms with van der Waals surface area (Å²) in [6, 6.07) is 8.70. The molecule has 0 amide bonds. The van der Waals surface area contributed by atoms with Crippen LogP contribution in [0.1, 0.15) is 44.3 Å². The average molecular weight is 357 g/mol. The Morgan fingerprint density at radius 1 is 1.12 bits per heavy atom. The summed E-state index contributed by atoms with van der Waals surface area (Å²) in [6.07, 6.45) is 7.89. The van der Waals surface area contributed by atoms with Gasteiger partial charge in [0.2, 0.25) is 0 Å². The molecule has 142 valence electrons. The topological polar surface area (TPSA) is 55.4 Å². The zero-order chi connectivity index (χ0) is 17.8. The fourth-order valence-electron chi connectivity index (χ4n) is 4.76. The summed E-state index contributed by atoms with van der Waals surface area (Å²) in [4.78, 5) is 13.3. The van der Waals surface area contributed by atoms with Gasteiger partial charge >= 0.3 is 0 Å². The van der Waals surface area contributed by atoms with Crippen molar-refractivity contribution in [3.05, 3.63) is 30.1 Å². The molecule has 1 aliphatic carbocycles. The molecule has 1 aromatic heterocycles. The predicted octanol–water partition coefficient (Wildman–Crippen LogP) is 3.01. The number of nitrogens with one attached hydrogen (secondary N) is 1. The highest BCUT2D eigenvalue weighted by atomic mass is 16.3. The van der Waals surface area contributed by atoms with E-state index in [2.05, 4.69) is 26.9 Å². The molecule has 1 saturated carbocycles. The van der Waals surface area contributed by atoms with Crippen LogP contribution in [0.2, 0.25) is 0 Å². The molecule has 2 aliphatic rings. The Morgan fingerprint density at radius 2 is 1.96 bits per heavy atom. The summed E-state index contributed by atoms with van der Waals surface area (Å²) in [5, 5.41) is 9.55. The molecule has 2 aromatic rings. The van der Waals surface area contributed by atoms with Gasteiger partial charge in [-0.3, -0.25) is 9.80 Å². The molecule has 1 aliphatic heterocycles. The standard InChI is InChI=1S/C21H32N4O/c26-13-10-18-15-24(11-12-25(18)14-17-6-2-1-3-7-17)16-21-22-19-8-4-5-9-20(19)23-21/h4-5,8-9,17-18,26H,1-3,6-7,10-16H2,(H,22,23)/t18-/m1/s1. The normalized spacial score (nSPS) is 23.7. The zero-order valence-corrected chi connectivity index (χ0v) is 15.7. The zero-order valence-electron chi connectivity index (χ0n) is 15.7. The molecular formula is C21H32N4O. The van der Waals surface area contributed by atoms with Gasteiger partial charge in [-0.05, 0) is 37.3 Å². The molecule has 1 aromatic carbocycles. The first-order valence-corrected chi connectivity index (χ1v) is 10.3. The molecule has 2 heterocycles. The van der Waals surface area contributed by atoms with Crippen molar-refractivity contribution in [2.75, 3.05) is 32.8 Å². The molecule has 5 heteroatoms. The third kappa shape index (κ3) is 4.27. The number of fused-ring (bicyclic) bond motifs is 1. The van der Waals surface area contributed by atoms with Crippen LogP contribution in [0.5, 0.6) is 0 Å². The van der Waals surface area contributed by atoms with Crippen LogP contribution >= 0.6 is 0 Å². The highest BCUT2D eigenvalue weighted by Crippen LogP contribution is 2.26. The number of benzene rings is 1. The molecule has 0 radical (unpaired) electrons. The number of aliphatic hydroxyl groups is 1. The lowest BCUT2D eigenvalue weighted by atomic mass is 9.88. The molecule has 5 nitrogen and oxygen atoms in total. The van der Waals surface area contributed by atoms with Crippen molar-refractivity contribution >= 4 is 11.0 Å². The van der Waals surface area contributed by atoms with Gasteiger partial charge in [0.1, 0.15) is 5.82 Å². The third-order valence-corrected chi connectivity index (χ3v) is 6.18. The molecule has 1 atom stereocenters. The number of rotatable bonds is 6. The van der Waals surface area contributed by atoms with Gasteiger partial charge in [-0.25, -0.2) is 4.98 Å². The Labute approximate surface area is 156 Å². The Hall–Kier alpha value is -1.43. The van der Waals surface area contributed by atoms with Gasteiger partial charge in [-0.15, -0.1) is 0 Å². The van der Waals surface area contributed by atoms with E-state index in [-0.39, 0.29) is 6.61 Å². The smallest absolute Gasteiger partial charge is 0.121 e. The van der Waals surface area contributed by atoms with Crippen molar-refractivity contribution < 1.29 is 5.11 Å². The first-order valence-electron chi connectivity index (χ1n) is 10.3. The van der Waals surface area contributed by atoms with E-state index in [0.717, 1.165) is 55.4 Å². The van der Waals surface area contributed by atoms with Crippen molar-refractivity contribution in [1.29, 1.82) is 0 Å². The monoisotopic (exact) mass is 356 g/mol. The van der Waals surface area contributed by atoms with Gasteiger partial charge in [-0.2, -0.15) is 0 Å².